The minimum atomic E-state index is 0.859. The van der Waals surface area contributed by atoms with Crippen LogP contribution in [0.5, 0.6) is 0 Å². The summed E-state index contributed by atoms with van der Waals surface area (Å²) in [5.74, 6) is 1.12. The van der Waals surface area contributed by atoms with E-state index in [9.17, 15) is 0 Å². The largest absolute Gasteiger partial charge is 0.303 e. The molecular weight excluding hydrogens is 378 g/mol. The Kier molecular flexibility index (Phi) is 3.87. The zero-order valence-corrected chi connectivity index (χ0v) is 18.1. The molecular formula is C28H24N3+. The second kappa shape index (κ2) is 6.64. The zero-order valence-electron chi connectivity index (χ0n) is 18.1. The van der Waals surface area contributed by atoms with E-state index in [1.807, 2.05) is 6.20 Å². The molecule has 6 rings (SSSR count). The summed E-state index contributed by atoms with van der Waals surface area (Å²) in [5.41, 5.74) is 10.3. The van der Waals surface area contributed by atoms with Crippen molar-refractivity contribution >= 4 is 10.8 Å². The molecule has 2 aromatic heterocycles. The van der Waals surface area contributed by atoms with Gasteiger partial charge in [-0.25, -0.2) is 9.55 Å². The molecule has 5 aromatic rings. The van der Waals surface area contributed by atoms with Crippen molar-refractivity contribution < 1.29 is 4.57 Å². The number of hydrogen-bond donors (Lipinski definition) is 0. The zero-order chi connectivity index (χ0) is 21.1. The highest BCUT2D eigenvalue weighted by Gasteiger charge is 2.30. The lowest BCUT2D eigenvalue weighted by Gasteiger charge is -2.16. The van der Waals surface area contributed by atoms with Gasteiger partial charge in [0.05, 0.1) is 11.3 Å². The second-order valence-electron chi connectivity index (χ2n) is 8.54. The van der Waals surface area contributed by atoms with Gasteiger partial charge in [0.1, 0.15) is 12.9 Å². The number of aryl methyl sites for hydroxylation is 3. The summed E-state index contributed by atoms with van der Waals surface area (Å²) in [5, 5.41) is 2.60. The molecule has 0 amide bonds. The van der Waals surface area contributed by atoms with Crippen molar-refractivity contribution in [3.8, 4) is 28.1 Å². The highest BCUT2D eigenvalue weighted by atomic mass is 15.1. The third-order valence-electron chi connectivity index (χ3n) is 6.63. The Morgan fingerprint density at radius 2 is 1.68 bits per heavy atom. The van der Waals surface area contributed by atoms with Crippen LogP contribution in [-0.2, 0) is 13.5 Å². The Hall–Kier alpha value is -3.72. The van der Waals surface area contributed by atoms with Gasteiger partial charge in [0, 0.05) is 36.3 Å². The van der Waals surface area contributed by atoms with E-state index in [1.54, 1.807) is 0 Å². The average molecular weight is 403 g/mol. The number of pyridine rings is 1. The number of rotatable bonds is 2. The van der Waals surface area contributed by atoms with Gasteiger partial charge in [0.25, 0.3) is 0 Å². The smallest absolute Gasteiger partial charge is 0.213 e. The van der Waals surface area contributed by atoms with Gasteiger partial charge in [0.2, 0.25) is 5.69 Å². The minimum Gasteiger partial charge on any atom is -0.303 e. The van der Waals surface area contributed by atoms with E-state index in [2.05, 4.69) is 108 Å². The summed E-state index contributed by atoms with van der Waals surface area (Å²) in [6, 6.07) is 22.1. The van der Waals surface area contributed by atoms with E-state index in [0.29, 0.717) is 0 Å². The lowest BCUT2D eigenvalue weighted by atomic mass is 9.89. The van der Waals surface area contributed by atoms with Crippen LogP contribution in [0.3, 0.4) is 0 Å². The standard InChI is InChI=1S/C28H24N3/c1-18-8-10-20(11-9-18)21-12-14-30(3)25(16-21)27-19(2)22-6-4-5-7-23(22)28-24(27)17-26-29-13-15-31(26)28/h4-16H,17H2,1-3H3/q+1. The Labute approximate surface area is 182 Å². The molecule has 0 aliphatic carbocycles. The Morgan fingerprint density at radius 1 is 0.903 bits per heavy atom. The minimum absolute atomic E-state index is 0.859. The third-order valence-corrected chi connectivity index (χ3v) is 6.63. The first kappa shape index (κ1) is 18.1. The van der Waals surface area contributed by atoms with Crippen molar-refractivity contribution in [3.63, 3.8) is 0 Å². The van der Waals surface area contributed by atoms with E-state index in [4.69, 9.17) is 0 Å². The number of imidazole rings is 1. The van der Waals surface area contributed by atoms with E-state index < -0.39 is 0 Å². The normalized spacial score (nSPS) is 12.2. The van der Waals surface area contributed by atoms with Crippen molar-refractivity contribution in [2.45, 2.75) is 20.3 Å². The van der Waals surface area contributed by atoms with Gasteiger partial charge in [-0.1, -0.05) is 54.1 Å². The van der Waals surface area contributed by atoms with Crippen LogP contribution in [0.15, 0.2) is 79.3 Å². The van der Waals surface area contributed by atoms with Gasteiger partial charge in [-0.05, 0) is 41.5 Å². The number of hydrogen-bond acceptors (Lipinski definition) is 1. The molecule has 0 atom stereocenters. The topological polar surface area (TPSA) is 21.7 Å². The molecule has 0 saturated carbocycles. The molecule has 3 heteroatoms. The molecule has 0 N–H and O–H groups in total. The van der Waals surface area contributed by atoms with Crippen molar-refractivity contribution in [3.05, 3.63) is 102 Å². The fourth-order valence-corrected chi connectivity index (χ4v) is 5.02. The van der Waals surface area contributed by atoms with Gasteiger partial charge in [-0.2, -0.15) is 0 Å². The van der Waals surface area contributed by atoms with Gasteiger partial charge in [0.15, 0.2) is 6.20 Å². The SMILES string of the molecule is Cc1ccc(-c2cc[n+](C)c(-c3c4c(c5ccccc5c3C)-n3ccnc3C4)c2)cc1. The number of aromatic nitrogens is 3. The van der Waals surface area contributed by atoms with Crippen molar-refractivity contribution in [1.29, 1.82) is 0 Å². The molecule has 3 aromatic carbocycles. The maximum absolute atomic E-state index is 4.63. The summed E-state index contributed by atoms with van der Waals surface area (Å²) in [6.07, 6.45) is 7.04. The van der Waals surface area contributed by atoms with Gasteiger partial charge >= 0.3 is 0 Å². The quantitative estimate of drug-likeness (QED) is 0.340. The number of nitrogens with zero attached hydrogens (tertiary/aromatic N) is 3. The van der Waals surface area contributed by atoms with E-state index in [1.165, 1.54) is 55.5 Å². The van der Waals surface area contributed by atoms with Crippen molar-refractivity contribution in [2.75, 3.05) is 0 Å². The van der Waals surface area contributed by atoms with Crippen LogP contribution in [0.2, 0.25) is 0 Å². The van der Waals surface area contributed by atoms with Crippen LogP contribution in [0, 0.1) is 13.8 Å². The van der Waals surface area contributed by atoms with Crippen LogP contribution in [0.1, 0.15) is 22.5 Å². The maximum Gasteiger partial charge on any atom is 0.213 e. The van der Waals surface area contributed by atoms with Crippen LogP contribution in [-0.4, -0.2) is 9.55 Å². The van der Waals surface area contributed by atoms with Crippen molar-refractivity contribution in [1.82, 2.24) is 9.55 Å². The van der Waals surface area contributed by atoms with Crippen molar-refractivity contribution in [2.24, 2.45) is 7.05 Å². The summed E-state index contributed by atoms with van der Waals surface area (Å²) in [6.45, 7) is 4.39. The molecule has 1 aliphatic rings. The average Bonchev–Trinajstić information content (AvgIpc) is 3.37. The molecule has 0 saturated heterocycles. The van der Waals surface area contributed by atoms with Crippen LogP contribution in [0.4, 0.5) is 0 Å². The van der Waals surface area contributed by atoms with Crippen LogP contribution >= 0.6 is 0 Å². The highest BCUT2D eigenvalue weighted by molar-refractivity contribution is 6.00. The van der Waals surface area contributed by atoms with E-state index >= 15 is 0 Å². The predicted molar refractivity (Wildman–Crippen MR) is 125 cm³/mol. The first-order chi connectivity index (χ1) is 15.1. The van der Waals surface area contributed by atoms with Gasteiger partial charge in [-0.3, -0.25) is 0 Å². The van der Waals surface area contributed by atoms with E-state index in [0.717, 1.165) is 12.2 Å². The van der Waals surface area contributed by atoms with Gasteiger partial charge < -0.3 is 4.57 Å². The number of benzene rings is 3. The van der Waals surface area contributed by atoms with Crippen LogP contribution < -0.4 is 4.57 Å². The van der Waals surface area contributed by atoms with E-state index in [-0.39, 0.29) is 0 Å². The highest BCUT2D eigenvalue weighted by Crippen LogP contribution is 2.42. The fraction of sp³-hybridized carbons (Fsp3) is 0.143. The first-order valence-electron chi connectivity index (χ1n) is 10.8. The lowest BCUT2D eigenvalue weighted by molar-refractivity contribution is -0.660. The Bertz CT molecular complexity index is 1470. The van der Waals surface area contributed by atoms with Gasteiger partial charge in [-0.15, -0.1) is 0 Å². The summed E-state index contributed by atoms with van der Waals surface area (Å²) < 4.78 is 4.51. The molecule has 3 heterocycles. The number of fused-ring (bicyclic) bond motifs is 5. The summed E-state index contributed by atoms with van der Waals surface area (Å²) in [4.78, 5) is 4.63. The second-order valence-corrected chi connectivity index (χ2v) is 8.54. The molecule has 0 bridgehead atoms. The Morgan fingerprint density at radius 3 is 2.48 bits per heavy atom. The molecule has 0 radical (unpaired) electrons. The molecule has 3 nitrogen and oxygen atoms in total. The molecule has 31 heavy (non-hydrogen) atoms. The summed E-state index contributed by atoms with van der Waals surface area (Å²) in [7, 11) is 2.14. The maximum atomic E-state index is 4.63. The molecule has 1 aliphatic heterocycles. The molecule has 0 spiro atoms. The molecule has 0 unspecified atom stereocenters. The monoisotopic (exact) mass is 402 g/mol. The lowest BCUT2D eigenvalue weighted by Crippen LogP contribution is -2.31. The third kappa shape index (κ3) is 2.66. The summed E-state index contributed by atoms with van der Waals surface area (Å²) >= 11 is 0. The molecule has 150 valence electrons. The van der Waals surface area contributed by atoms with Crippen LogP contribution in [0.25, 0.3) is 38.8 Å². The first-order valence-corrected chi connectivity index (χ1v) is 10.8. The Balaban J connectivity index is 1.66. The molecule has 0 fully saturated rings. The fourth-order valence-electron chi connectivity index (χ4n) is 5.02. The predicted octanol–water partition coefficient (Wildman–Crippen LogP) is 5.71.